The number of benzene rings is 1. The van der Waals surface area contributed by atoms with Crippen LogP contribution in [0.3, 0.4) is 0 Å². The summed E-state index contributed by atoms with van der Waals surface area (Å²) in [6, 6.07) is 9.09. The summed E-state index contributed by atoms with van der Waals surface area (Å²) < 4.78 is 2.23. The van der Waals surface area contributed by atoms with E-state index in [0.29, 0.717) is 31.5 Å². The van der Waals surface area contributed by atoms with Crippen LogP contribution < -0.4 is 10.6 Å². The van der Waals surface area contributed by atoms with Crippen molar-refractivity contribution in [2.45, 2.75) is 45.1 Å². The predicted molar refractivity (Wildman–Crippen MR) is 99.9 cm³/mol. The summed E-state index contributed by atoms with van der Waals surface area (Å²) >= 11 is 0. The van der Waals surface area contributed by atoms with Crippen molar-refractivity contribution in [2.75, 3.05) is 13.1 Å². The van der Waals surface area contributed by atoms with E-state index in [9.17, 15) is 9.59 Å². The Balaban J connectivity index is 1.28. The number of nitrogens with one attached hydrogen (secondary N) is 2. The zero-order chi connectivity index (χ0) is 18.2. The lowest BCUT2D eigenvalue weighted by molar-refractivity contribution is -0.121. The van der Waals surface area contributed by atoms with E-state index < -0.39 is 0 Å². The zero-order valence-corrected chi connectivity index (χ0v) is 15.0. The number of fused-ring (bicyclic) bond motifs is 1. The van der Waals surface area contributed by atoms with Crippen molar-refractivity contribution in [3.8, 4) is 0 Å². The SMILES string of the molecule is O=C(CCCNC(=O)c1ccccc1)NCCc1cn2c(n1)CCCC2. The van der Waals surface area contributed by atoms with Crippen LogP contribution in [0.25, 0.3) is 0 Å². The third-order valence-corrected chi connectivity index (χ3v) is 4.56. The molecule has 2 heterocycles. The minimum Gasteiger partial charge on any atom is -0.356 e. The molecule has 6 heteroatoms. The van der Waals surface area contributed by atoms with Gasteiger partial charge in [-0.05, 0) is 31.4 Å². The monoisotopic (exact) mass is 354 g/mol. The Morgan fingerprint density at radius 1 is 1.08 bits per heavy atom. The van der Waals surface area contributed by atoms with Crippen LogP contribution in [0.4, 0.5) is 0 Å². The molecular weight excluding hydrogens is 328 g/mol. The third kappa shape index (κ3) is 5.18. The number of carbonyl (C=O) groups excluding carboxylic acids is 2. The van der Waals surface area contributed by atoms with Crippen LogP contribution in [0.5, 0.6) is 0 Å². The number of nitrogens with zero attached hydrogens (tertiary/aromatic N) is 2. The first kappa shape index (κ1) is 18.2. The summed E-state index contributed by atoms with van der Waals surface area (Å²) in [4.78, 5) is 28.4. The van der Waals surface area contributed by atoms with Crippen LogP contribution in [0.1, 0.15) is 47.6 Å². The Bertz CT molecular complexity index is 716. The van der Waals surface area contributed by atoms with Crippen LogP contribution in [-0.2, 0) is 24.2 Å². The molecule has 26 heavy (non-hydrogen) atoms. The minimum absolute atomic E-state index is 0.0166. The fourth-order valence-corrected chi connectivity index (χ4v) is 3.15. The highest BCUT2D eigenvalue weighted by Crippen LogP contribution is 2.14. The van der Waals surface area contributed by atoms with Crippen molar-refractivity contribution in [3.05, 3.63) is 53.6 Å². The van der Waals surface area contributed by atoms with E-state index in [-0.39, 0.29) is 11.8 Å². The zero-order valence-electron chi connectivity index (χ0n) is 15.0. The highest BCUT2D eigenvalue weighted by Gasteiger charge is 2.12. The van der Waals surface area contributed by atoms with Crippen LogP contribution in [0.15, 0.2) is 36.5 Å². The maximum Gasteiger partial charge on any atom is 0.251 e. The number of rotatable bonds is 8. The normalized spacial score (nSPS) is 13.1. The van der Waals surface area contributed by atoms with Crippen molar-refractivity contribution in [2.24, 2.45) is 0 Å². The largest absolute Gasteiger partial charge is 0.356 e. The van der Waals surface area contributed by atoms with Crippen molar-refractivity contribution < 1.29 is 9.59 Å². The van der Waals surface area contributed by atoms with E-state index in [1.165, 1.54) is 18.7 Å². The molecule has 1 aromatic carbocycles. The van der Waals surface area contributed by atoms with E-state index in [1.807, 2.05) is 18.2 Å². The molecule has 0 bridgehead atoms. The van der Waals surface area contributed by atoms with Gasteiger partial charge in [0.25, 0.3) is 5.91 Å². The van der Waals surface area contributed by atoms with Gasteiger partial charge < -0.3 is 15.2 Å². The van der Waals surface area contributed by atoms with E-state index in [2.05, 4.69) is 26.4 Å². The van der Waals surface area contributed by atoms with Gasteiger partial charge in [0.1, 0.15) is 5.82 Å². The van der Waals surface area contributed by atoms with Crippen LogP contribution >= 0.6 is 0 Å². The van der Waals surface area contributed by atoms with E-state index in [0.717, 1.165) is 25.1 Å². The average molecular weight is 354 g/mol. The molecule has 0 saturated carbocycles. The quantitative estimate of drug-likeness (QED) is 0.713. The van der Waals surface area contributed by atoms with Gasteiger partial charge in [0.05, 0.1) is 5.69 Å². The number of aromatic nitrogens is 2. The molecule has 2 N–H and O–H groups in total. The first-order chi connectivity index (χ1) is 12.7. The van der Waals surface area contributed by atoms with Gasteiger partial charge in [0, 0.05) is 50.7 Å². The fourth-order valence-electron chi connectivity index (χ4n) is 3.15. The van der Waals surface area contributed by atoms with E-state index >= 15 is 0 Å². The summed E-state index contributed by atoms with van der Waals surface area (Å²) in [5.74, 6) is 1.09. The number of aryl methyl sites for hydroxylation is 2. The first-order valence-electron chi connectivity index (χ1n) is 9.37. The average Bonchev–Trinajstić information content (AvgIpc) is 3.08. The Morgan fingerprint density at radius 2 is 1.92 bits per heavy atom. The predicted octanol–water partition coefficient (Wildman–Crippen LogP) is 2.09. The molecule has 1 aliphatic heterocycles. The molecule has 0 saturated heterocycles. The molecular formula is C20H26N4O2. The van der Waals surface area contributed by atoms with Crippen LogP contribution in [0.2, 0.25) is 0 Å². The summed E-state index contributed by atoms with van der Waals surface area (Å²) in [7, 11) is 0. The molecule has 0 aliphatic carbocycles. The van der Waals surface area contributed by atoms with Gasteiger partial charge in [0.2, 0.25) is 5.91 Å². The third-order valence-electron chi connectivity index (χ3n) is 4.56. The second-order valence-corrected chi connectivity index (χ2v) is 6.62. The summed E-state index contributed by atoms with van der Waals surface area (Å²) in [6.07, 6.45) is 7.41. The highest BCUT2D eigenvalue weighted by molar-refractivity contribution is 5.94. The molecule has 3 rings (SSSR count). The maximum atomic E-state index is 11.9. The van der Waals surface area contributed by atoms with Crippen molar-refractivity contribution in [3.63, 3.8) is 0 Å². The standard InChI is InChI=1S/C20H26N4O2/c25-19(10-6-12-22-20(26)16-7-2-1-3-8-16)21-13-11-17-15-24-14-5-4-9-18(24)23-17/h1-3,7-8,15H,4-6,9-14H2,(H,21,25)(H,22,26). The molecule has 1 aliphatic rings. The Kier molecular flexibility index (Phi) is 6.41. The van der Waals surface area contributed by atoms with Crippen molar-refractivity contribution >= 4 is 11.8 Å². The van der Waals surface area contributed by atoms with Gasteiger partial charge >= 0.3 is 0 Å². The van der Waals surface area contributed by atoms with Gasteiger partial charge in [0.15, 0.2) is 0 Å². The Morgan fingerprint density at radius 3 is 2.73 bits per heavy atom. The Labute approximate surface area is 154 Å². The van der Waals surface area contributed by atoms with E-state index in [4.69, 9.17) is 0 Å². The molecule has 2 amide bonds. The minimum atomic E-state index is -0.102. The smallest absolute Gasteiger partial charge is 0.251 e. The van der Waals surface area contributed by atoms with E-state index in [1.54, 1.807) is 12.1 Å². The van der Waals surface area contributed by atoms with Crippen LogP contribution in [-0.4, -0.2) is 34.5 Å². The fraction of sp³-hybridized carbons (Fsp3) is 0.450. The molecule has 0 atom stereocenters. The van der Waals surface area contributed by atoms with Gasteiger partial charge in [-0.3, -0.25) is 9.59 Å². The molecule has 0 fully saturated rings. The van der Waals surface area contributed by atoms with Gasteiger partial charge in [-0.2, -0.15) is 0 Å². The Hall–Kier alpha value is -2.63. The molecule has 6 nitrogen and oxygen atoms in total. The number of carbonyl (C=O) groups is 2. The second-order valence-electron chi connectivity index (χ2n) is 6.62. The maximum absolute atomic E-state index is 11.9. The second kappa shape index (κ2) is 9.17. The van der Waals surface area contributed by atoms with Gasteiger partial charge in [-0.15, -0.1) is 0 Å². The molecule has 0 radical (unpaired) electrons. The summed E-state index contributed by atoms with van der Waals surface area (Å²) in [6.45, 7) is 2.16. The van der Waals surface area contributed by atoms with Crippen molar-refractivity contribution in [1.29, 1.82) is 0 Å². The van der Waals surface area contributed by atoms with Crippen LogP contribution in [0, 0.1) is 0 Å². The molecule has 2 aromatic rings. The molecule has 0 unspecified atom stereocenters. The number of hydrogen-bond donors (Lipinski definition) is 2. The lowest BCUT2D eigenvalue weighted by atomic mass is 10.2. The first-order valence-corrected chi connectivity index (χ1v) is 9.37. The molecule has 0 spiro atoms. The van der Waals surface area contributed by atoms with Crippen molar-refractivity contribution in [1.82, 2.24) is 20.2 Å². The highest BCUT2D eigenvalue weighted by atomic mass is 16.2. The summed E-state index contributed by atoms with van der Waals surface area (Å²) in [5.41, 5.74) is 1.69. The topological polar surface area (TPSA) is 76.0 Å². The number of imidazole rings is 1. The van der Waals surface area contributed by atoms with Gasteiger partial charge in [-0.25, -0.2) is 4.98 Å². The number of hydrogen-bond acceptors (Lipinski definition) is 3. The summed E-state index contributed by atoms with van der Waals surface area (Å²) in [5, 5.41) is 5.76. The lowest BCUT2D eigenvalue weighted by Crippen LogP contribution is -2.28. The lowest BCUT2D eigenvalue weighted by Gasteiger charge is -2.11. The molecule has 1 aromatic heterocycles. The molecule has 138 valence electrons. The van der Waals surface area contributed by atoms with Gasteiger partial charge in [-0.1, -0.05) is 18.2 Å². The number of amides is 2.